The number of amides is 1. The van der Waals surface area contributed by atoms with Gasteiger partial charge in [-0.05, 0) is 43.2 Å². The molecule has 2 aromatic rings. The summed E-state index contributed by atoms with van der Waals surface area (Å²) in [5, 5.41) is 7.92. The number of aryl methyl sites for hydroxylation is 1. The van der Waals surface area contributed by atoms with Gasteiger partial charge < -0.3 is 4.90 Å². The highest BCUT2D eigenvalue weighted by atomic mass is 32.2. The van der Waals surface area contributed by atoms with Gasteiger partial charge in [0, 0.05) is 30.6 Å². The van der Waals surface area contributed by atoms with Crippen LogP contribution in [0.3, 0.4) is 0 Å². The Labute approximate surface area is 141 Å². The molecule has 0 spiro atoms. The second-order valence-electron chi connectivity index (χ2n) is 5.84. The summed E-state index contributed by atoms with van der Waals surface area (Å²) >= 11 is 1.74. The zero-order valence-electron chi connectivity index (χ0n) is 13.4. The van der Waals surface area contributed by atoms with Gasteiger partial charge in [0.15, 0.2) is 0 Å². The largest absolute Gasteiger partial charge is 0.343 e. The molecule has 23 heavy (non-hydrogen) atoms. The number of benzene rings is 1. The van der Waals surface area contributed by atoms with Gasteiger partial charge in [-0.1, -0.05) is 17.3 Å². The smallest absolute Gasteiger partial charge is 0.222 e. The van der Waals surface area contributed by atoms with Crippen molar-refractivity contribution in [1.29, 1.82) is 0 Å². The van der Waals surface area contributed by atoms with Crippen molar-refractivity contribution in [3.8, 4) is 0 Å². The second-order valence-corrected chi connectivity index (χ2v) is 6.72. The number of hydrogen-bond acceptors (Lipinski definition) is 4. The Balaban J connectivity index is 1.45. The SMILES string of the molecule is CSc1ccc(CCC(=O)N2CCC(n3ccnn3)CC2)cc1. The van der Waals surface area contributed by atoms with E-state index in [0.717, 1.165) is 32.4 Å². The molecule has 1 aromatic heterocycles. The Morgan fingerprint density at radius 1 is 1.26 bits per heavy atom. The molecule has 2 heterocycles. The number of piperidine rings is 1. The molecule has 0 unspecified atom stereocenters. The molecule has 5 nitrogen and oxygen atoms in total. The van der Waals surface area contributed by atoms with Crippen molar-refractivity contribution < 1.29 is 4.79 Å². The van der Waals surface area contributed by atoms with Crippen molar-refractivity contribution in [2.75, 3.05) is 19.3 Å². The number of thioether (sulfide) groups is 1. The summed E-state index contributed by atoms with van der Waals surface area (Å²) < 4.78 is 1.91. The number of carbonyl (C=O) groups is 1. The van der Waals surface area contributed by atoms with E-state index in [1.54, 1.807) is 18.0 Å². The molecule has 0 N–H and O–H groups in total. The van der Waals surface area contributed by atoms with Crippen LogP contribution < -0.4 is 0 Å². The van der Waals surface area contributed by atoms with Gasteiger partial charge in [-0.3, -0.25) is 4.79 Å². The maximum absolute atomic E-state index is 12.4. The predicted molar refractivity (Wildman–Crippen MR) is 91.4 cm³/mol. The van der Waals surface area contributed by atoms with Crippen molar-refractivity contribution in [1.82, 2.24) is 19.9 Å². The van der Waals surface area contributed by atoms with E-state index < -0.39 is 0 Å². The molecule has 1 aliphatic rings. The zero-order valence-corrected chi connectivity index (χ0v) is 14.2. The number of rotatable bonds is 5. The molecule has 0 radical (unpaired) electrons. The van der Waals surface area contributed by atoms with E-state index >= 15 is 0 Å². The van der Waals surface area contributed by atoms with Gasteiger partial charge in [-0.2, -0.15) is 0 Å². The number of aromatic nitrogens is 3. The molecule has 1 saturated heterocycles. The van der Waals surface area contributed by atoms with Gasteiger partial charge in [0.05, 0.1) is 12.2 Å². The van der Waals surface area contributed by atoms with E-state index in [1.165, 1.54) is 10.5 Å². The van der Waals surface area contributed by atoms with Crippen LogP contribution in [-0.2, 0) is 11.2 Å². The van der Waals surface area contributed by atoms with E-state index in [0.29, 0.717) is 12.5 Å². The zero-order chi connectivity index (χ0) is 16.1. The van der Waals surface area contributed by atoms with Crippen LogP contribution in [0.1, 0.15) is 30.9 Å². The highest BCUT2D eigenvalue weighted by Crippen LogP contribution is 2.22. The summed E-state index contributed by atoms with van der Waals surface area (Å²) in [6, 6.07) is 8.86. The predicted octanol–water partition coefficient (Wildman–Crippen LogP) is 2.80. The molecular weight excluding hydrogens is 308 g/mol. The molecule has 122 valence electrons. The minimum atomic E-state index is 0.260. The van der Waals surface area contributed by atoms with E-state index in [1.807, 2.05) is 15.8 Å². The number of hydrogen-bond donors (Lipinski definition) is 0. The van der Waals surface area contributed by atoms with Gasteiger partial charge >= 0.3 is 0 Å². The van der Waals surface area contributed by atoms with Crippen LogP contribution >= 0.6 is 11.8 Å². The third kappa shape index (κ3) is 4.13. The van der Waals surface area contributed by atoms with Crippen LogP contribution in [0.15, 0.2) is 41.6 Å². The van der Waals surface area contributed by atoms with E-state index in [-0.39, 0.29) is 5.91 Å². The molecule has 0 aliphatic carbocycles. The maximum atomic E-state index is 12.4. The topological polar surface area (TPSA) is 51.0 Å². The van der Waals surface area contributed by atoms with Gasteiger partial charge in [-0.15, -0.1) is 16.9 Å². The number of nitrogens with zero attached hydrogens (tertiary/aromatic N) is 4. The molecule has 0 atom stereocenters. The average Bonchev–Trinajstić information content (AvgIpc) is 3.15. The fourth-order valence-electron chi connectivity index (χ4n) is 2.99. The van der Waals surface area contributed by atoms with Crippen LogP contribution in [0.25, 0.3) is 0 Å². The van der Waals surface area contributed by atoms with E-state index in [2.05, 4.69) is 40.8 Å². The molecule has 0 saturated carbocycles. The highest BCUT2D eigenvalue weighted by Gasteiger charge is 2.23. The lowest BCUT2D eigenvalue weighted by atomic mass is 10.0. The van der Waals surface area contributed by atoms with Crippen molar-refractivity contribution in [3.05, 3.63) is 42.2 Å². The van der Waals surface area contributed by atoms with Crippen molar-refractivity contribution in [2.24, 2.45) is 0 Å². The molecule has 3 rings (SSSR count). The first-order valence-electron chi connectivity index (χ1n) is 8.03. The average molecular weight is 330 g/mol. The number of likely N-dealkylation sites (tertiary alicyclic amines) is 1. The highest BCUT2D eigenvalue weighted by molar-refractivity contribution is 7.98. The molecule has 1 aromatic carbocycles. The quantitative estimate of drug-likeness (QED) is 0.791. The first kappa shape index (κ1) is 16.1. The fourth-order valence-corrected chi connectivity index (χ4v) is 3.40. The van der Waals surface area contributed by atoms with Crippen molar-refractivity contribution in [3.63, 3.8) is 0 Å². The summed E-state index contributed by atoms with van der Waals surface area (Å²) in [5.74, 6) is 0.260. The van der Waals surface area contributed by atoms with Gasteiger partial charge in [-0.25, -0.2) is 4.68 Å². The standard InChI is InChI=1S/C17H22N4OS/c1-23-16-5-2-14(3-6-16)4-7-17(22)20-11-8-15(9-12-20)21-13-10-18-19-21/h2-3,5-6,10,13,15H,4,7-9,11-12H2,1H3. The monoisotopic (exact) mass is 330 g/mol. The van der Waals surface area contributed by atoms with Crippen LogP contribution in [-0.4, -0.2) is 45.1 Å². The van der Waals surface area contributed by atoms with Gasteiger partial charge in [0.1, 0.15) is 0 Å². The van der Waals surface area contributed by atoms with Gasteiger partial charge in [0.25, 0.3) is 0 Å². The van der Waals surface area contributed by atoms with Crippen LogP contribution in [0.4, 0.5) is 0 Å². The lowest BCUT2D eigenvalue weighted by molar-refractivity contribution is -0.132. The fraction of sp³-hybridized carbons (Fsp3) is 0.471. The molecular formula is C17H22N4OS. The molecule has 1 amide bonds. The molecule has 1 fully saturated rings. The first-order valence-corrected chi connectivity index (χ1v) is 9.25. The van der Waals surface area contributed by atoms with Crippen LogP contribution in [0.5, 0.6) is 0 Å². The van der Waals surface area contributed by atoms with Crippen molar-refractivity contribution in [2.45, 2.75) is 36.6 Å². The summed E-state index contributed by atoms with van der Waals surface area (Å²) in [7, 11) is 0. The summed E-state index contributed by atoms with van der Waals surface area (Å²) in [6.45, 7) is 1.63. The first-order chi connectivity index (χ1) is 11.3. The van der Waals surface area contributed by atoms with E-state index in [9.17, 15) is 4.79 Å². The van der Waals surface area contributed by atoms with Crippen LogP contribution in [0.2, 0.25) is 0 Å². The second kappa shape index (κ2) is 7.64. The minimum absolute atomic E-state index is 0.260. The molecule has 1 aliphatic heterocycles. The Kier molecular flexibility index (Phi) is 5.33. The summed E-state index contributed by atoms with van der Waals surface area (Å²) in [6.07, 6.45) is 9.00. The third-order valence-electron chi connectivity index (χ3n) is 4.42. The van der Waals surface area contributed by atoms with Crippen molar-refractivity contribution >= 4 is 17.7 Å². The van der Waals surface area contributed by atoms with E-state index in [4.69, 9.17) is 0 Å². The Bertz CT molecular complexity index is 619. The Morgan fingerprint density at radius 2 is 2.00 bits per heavy atom. The normalized spacial score (nSPS) is 15.8. The Hall–Kier alpha value is -1.82. The third-order valence-corrected chi connectivity index (χ3v) is 5.16. The Morgan fingerprint density at radius 3 is 2.61 bits per heavy atom. The minimum Gasteiger partial charge on any atom is -0.343 e. The van der Waals surface area contributed by atoms with Crippen LogP contribution in [0, 0.1) is 0 Å². The summed E-state index contributed by atoms with van der Waals surface area (Å²) in [4.78, 5) is 15.6. The molecule has 6 heteroatoms. The molecule has 0 bridgehead atoms. The maximum Gasteiger partial charge on any atom is 0.222 e. The lowest BCUT2D eigenvalue weighted by Gasteiger charge is -2.32. The number of carbonyl (C=O) groups excluding carboxylic acids is 1. The van der Waals surface area contributed by atoms with Gasteiger partial charge in [0.2, 0.25) is 5.91 Å². The summed E-state index contributed by atoms with van der Waals surface area (Å²) in [5.41, 5.74) is 1.23. The lowest BCUT2D eigenvalue weighted by Crippen LogP contribution is -2.39.